The van der Waals surface area contributed by atoms with Crippen molar-refractivity contribution in [3.8, 4) is 33.6 Å². The second-order valence-electron chi connectivity index (χ2n) is 13.9. The Morgan fingerprint density at radius 2 is 0.667 bits per heavy atom. The molecular formula is C40H52N2. The van der Waals surface area contributed by atoms with Gasteiger partial charge in [-0.15, -0.1) is 0 Å². The van der Waals surface area contributed by atoms with Gasteiger partial charge in [-0.3, -0.25) is 9.97 Å². The largest absolute Gasteiger partial charge is 0.255 e. The van der Waals surface area contributed by atoms with Gasteiger partial charge in [-0.2, -0.15) is 0 Å². The smallest absolute Gasteiger partial charge is 0.0892 e. The lowest BCUT2D eigenvalue weighted by Crippen LogP contribution is -2.04. The fourth-order valence-corrected chi connectivity index (χ4v) is 6.03. The maximum absolute atomic E-state index is 4.85. The molecule has 0 aliphatic heterocycles. The zero-order chi connectivity index (χ0) is 30.9. The van der Waals surface area contributed by atoms with Gasteiger partial charge in [0.1, 0.15) is 0 Å². The molecule has 0 fully saturated rings. The van der Waals surface area contributed by atoms with E-state index in [1.54, 1.807) is 0 Å². The Balaban J connectivity index is 1.91. The van der Waals surface area contributed by atoms with Crippen molar-refractivity contribution in [1.82, 2.24) is 9.97 Å². The summed E-state index contributed by atoms with van der Waals surface area (Å²) >= 11 is 0. The molecule has 0 amide bonds. The van der Waals surface area contributed by atoms with Crippen molar-refractivity contribution in [3.63, 3.8) is 0 Å². The monoisotopic (exact) mass is 560 g/mol. The van der Waals surface area contributed by atoms with E-state index >= 15 is 0 Å². The Hall–Kier alpha value is -3.26. The Bertz CT molecular complexity index is 1360. The summed E-state index contributed by atoms with van der Waals surface area (Å²) in [7, 11) is 0. The Labute approximate surface area is 256 Å². The predicted molar refractivity (Wildman–Crippen MR) is 183 cm³/mol. The van der Waals surface area contributed by atoms with Crippen molar-refractivity contribution in [2.75, 3.05) is 0 Å². The van der Waals surface area contributed by atoms with Crippen LogP contribution in [0.25, 0.3) is 33.6 Å². The van der Waals surface area contributed by atoms with E-state index < -0.39 is 0 Å². The van der Waals surface area contributed by atoms with Gasteiger partial charge in [0.05, 0.1) is 11.4 Å². The molecule has 0 bridgehead atoms. The van der Waals surface area contributed by atoms with Crippen LogP contribution in [0.5, 0.6) is 0 Å². The lowest BCUT2D eigenvalue weighted by Gasteiger charge is -2.24. The van der Waals surface area contributed by atoms with E-state index in [0.29, 0.717) is 35.5 Å². The second kappa shape index (κ2) is 12.9. The minimum absolute atomic E-state index is 0.423. The Morgan fingerprint density at radius 3 is 0.905 bits per heavy atom. The van der Waals surface area contributed by atoms with Gasteiger partial charge >= 0.3 is 0 Å². The molecule has 2 aromatic heterocycles. The summed E-state index contributed by atoms with van der Waals surface area (Å²) in [6.45, 7) is 27.6. The molecule has 2 heteroatoms. The van der Waals surface area contributed by atoms with Crippen LogP contribution in [-0.2, 0) is 0 Å². The summed E-state index contributed by atoms with van der Waals surface area (Å²) < 4.78 is 0. The fourth-order valence-electron chi connectivity index (χ4n) is 6.03. The van der Waals surface area contributed by atoms with Crippen molar-refractivity contribution in [2.45, 2.75) is 119 Å². The topological polar surface area (TPSA) is 25.8 Å². The Morgan fingerprint density at radius 1 is 0.381 bits per heavy atom. The first-order valence-electron chi connectivity index (χ1n) is 16.1. The molecule has 0 spiro atoms. The lowest BCUT2D eigenvalue weighted by atomic mass is 9.81. The normalized spacial score (nSPS) is 12.1. The van der Waals surface area contributed by atoms with Crippen molar-refractivity contribution >= 4 is 0 Å². The maximum atomic E-state index is 4.85. The third-order valence-corrected chi connectivity index (χ3v) is 8.62. The van der Waals surface area contributed by atoms with Crippen LogP contribution in [0.2, 0.25) is 0 Å². The van der Waals surface area contributed by atoms with Crippen LogP contribution < -0.4 is 0 Å². The number of pyridine rings is 2. The van der Waals surface area contributed by atoms with E-state index in [9.17, 15) is 0 Å². The quantitative estimate of drug-likeness (QED) is 0.203. The third kappa shape index (κ3) is 6.54. The molecule has 2 heterocycles. The predicted octanol–water partition coefficient (Wildman–Crippen LogP) is 12.2. The van der Waals surface area contributed by atoms with Gasteiger partial charge in [0.2, 0.25) is 0 Å². The molecule has 0 radical (unpaired) electrons. The fraction of sp³-hybridized carbons (Fsp3) is 0.450. The lowest BCUT2D eigenvalue weighted by molar-refractivity contribution is 0.807. The van der Waals surface area contributed by atoms with Crippen LogP contribution in [0.3, 0.4) is 0 Å². The molecule has 0 saturated carbocycles. The highest BCUT2D eigenvalue weighted by atomic mass is 14.8. The molecule has 0 aliphatic rings. The van der Waals surface area contributed by atoms with Gasteiger partial charge in [0, 0.05) is 12.4 Å². The van der Waals surface area contributed by atoms with Gasteiger partial charge in [0.25, 0.3) is 0 Å². The van der Waals surface area contributed by atoms with E-state index in [-0.39, 0.29) is 0 Å². The minimum atomic E-state index is 0.423. The van der Waals surface area contributed by atoms with Gasteiger partial charge in [-0.1, -0.05) is 107 Å². The summed E-state index contributed by atoms with van der Waals surface area (Å²) in [5.74, 6) is 2.68. The summed E-state index contributed by atoms with van der Waals surface area (Å²) in [4.78, 5) is 9.71. The summed E-state index contributed by atoms with van der Waals surface area (Å²) in [6, 6.07) is 18.6. The summed E-state index contributed by atoms with van der Waals surface area (Å²) in [6.07, 6.45) is 3.92. The number of nitrogens with zero attached hydrogens (tertiary/aromatic N) is 2. The summed E-state index contributed by atoms with van der Waals surface area (Å²) in [5.41, 5.74) is 15.5. The third-order valence-electron chi connectivity index (χ3n) is 8.62. The molecule has 0 N–H and O–H groups in total. The van der Waals surface area contributed by atoms with Crippen LogP contribution >= 0.6 is 0 Å². The van der Waals surface area contributed by atoms with Crippen LogP contribution in [0.15, 0.2) is 60.9 Å². The van der Waals surface area contributed by atoms with Crippen molar-refractivity contribution < 1.29 is 0 Å². The average molecular weight is 561 g/mol. The van der Waals surface area contributed by atoms with Crippen LogP contribution in [0.4, 0.5) is 0 Å². The van der Waals surface area contributed by atoms with Gasteiger partial charge in [-0.25, -0.2) is 0 Å². The molecule has 0 atom stereocenters. The van der Waals surface area contributed by atoms with Crippen LogP contribution in [0.1, 0.15) is 152 Å². The van der Waals surface area contributed by atoms with Crippen molar-refractivity contribution in [3.05, 3.63) is 94.3 Å². The Kier molecular flexibility index (Phi) is 9.76. The molecule has 4 aromatic rings. The highest BCUT2D eigenvalue weighted by Crippen LogP contribution is 2.41. The SMILES string of the molecule is CC(C)c1cc(C(C)C)c(-c2ccnc(-c3cc(-c4c(C(C)C)cc(C(C)C)cc4C(C)C)ccn3)c2)c(C(C)C)c1. The zero-order valence-corrected chi connectivity index (χ0v) is 28.1. The zero-order valence-electron chi connectivity index (χ0n) is 28.1. The average Bonchev–Trinajstić information content (AvgIpc) is 2.95. The summed E-state index contributed by atoms with van der Waals surface area (Å²) in [5, 5.41) is 0. The minimum Gasteiger partial charge on any atom is -0.255 e. The van der Waals surface area contributed by atoms with Gasteiger partial charge < -0.3 is 0 Å². The molecule has 4 rings (SSSR count). The van der Waals surface area contributed by atoms with Gasteiger partial charge in [-0.05, 0) is 115 Å². The number of benzene rings is 2. The number of aromatic nitrogens is 2. The highest BCUT2D eigenvalue weighted by Gasteiger charge is 2.21. The van der Waals surface area contributed by atoms with Crippen molar-refractivity contribution in [2.24, 2.45) is 0 Å². The van der Waals surface area contributed by atoms with E-state index in [2.05, 4.69) is 132 Å². The number of hydrogen-bond donors (Lipinski definition) is 0. The van der Waals surface area contributed by atoms with E-state index in [0.717, 1.165) is 11.4 Å². The molecule has 222 valence electrons. The molecule has 2 nitrogen and oxygen atoms in total. The standard InChI is InChI=1S/C40H52N2/c1-23(2)31-17-33(25(5)6)39(34(18-31)26(7)8)29-13-15-41-37(21-29)38-22-30(14-16-42-38)40-35(27(9)10)19-32(24(3)4)20-36(40)28(11)12/h13-28H,1-12H3. The number of rotatable bonds is 9. The molecule has 2 aromatic carbocycles. The van der Waals surface area contributed by atoms with E-state index in [1.165, 1.54) is 55.6 Å². The highest BCUT2D eigenvalue weighted by molar-refractivity contribution is 5.79. The second-order valence-corrected chi connectivity index (χ2v) is 13.9. The molecule has 0 saturated heterocycles. The molecule has 0 unspecified atom stereocenters. The maximum Gasteiger partial charge on any atom is 0.0892 e. The number of hydrogen-bond acceptors (Lipinski definition) is 2. The first kappa shape index (κ1) is 31.7. The molecule has 0 aliphatic carbocycles. The first-order valence-corrected chi connectivity index (χ1v) is 16.1. The van der Waals surface area contributed by atoms with E-state index in [1.807, 2.05) is 12.4 Å². The first-order chi connectivity index (χ1) is 19.8. The molecule has 42 heavy (non-hydrogen) atoms. The van der Waals surface area contributed by atoms with Crippen LogP contribution in [-0.4, -0.2) is 9.97 Å². The van der Waals surface area contributed by atoms with Gasteiger partial charge in [0.15, 0.2) is 0 Å². The van der Waals surface area contributed by atoms with Crippen molar-refractivity contribution in [1.29, 1.82) is 0 Å². The molecular weight excluding hydrogens is 508 g/mol. The van der Waals surface area contributed by atoms with E-state index in [4.69, 9.17) is 9.97 Å². The van der Waals surface area contributed by atoms with Crippen LogP contribution in [0, 0.1) is 0 Å².